The summed E-state index contributed by atoms with van der Waals surface area (Å²) in [5.74, 6) is -0.318. The molecule has 0 radical (unpaired) electrons. The highest BCUT2D eigenvalue weighted by Gasteiger charge is 2.23. The number of hydrogen-bond donors (Lipinski definition) is 2. The van der Waals surface area contributed by atoms with Crippen LogP contribution in [-0.2, 0) is 0 Å². The normalized spacial score (nSPS) is 20.0. The highest BCUT2D eigenvalue weighted by Crippen LogP contribution is 2.18. The Bertz CT molecular complexity index is 762. The smallest absolute Gasteiger partial charge is 0.251 e. The summed E-state index contributed by atoms with van der Waals surface area (Å²) in [6.45, 7) is 7.61. The van der Waals surface area contributed by atoms with Crippen molar-refractivity contribution in [2.45, 2.75) is 33.2 Å². The summed E-state index contributed by atoms with van der Waals surface area (Å²) >= 11 is 0. The van der Waals surface area contributed by atoms with Crippen LogP contribution >= 0.6 is 12.4 Å². The van der Waals surface area contributed by atoms with Gasteiger partial charge in [-0.15, -0.1) is 12.4 Å². The highest BCUT2D eigenvalue weighted by molar-refractivity contribution is 5.94. The average Bonchev–Trinajstić information content (AvgIpc) is 2.87. The molecule has 25 heavy (non-hydrogen) atoms. The number of hydrogen-bond acceptors (Lipinski definition) is 3. The molecule has 1 saturated heterocycles. The molecule has 7 heteroatoms. The van der Waals surface area contributed by atoms with Crippen LogP contribution in [0.3, 0.4) is 0 Å². The van der Waals surface area contributed by atoms with Crippen LogP contribution in [0.15, 0.2) is 24.3 Å². The lowest BCUT2D eigenvalue weighted by Gasteiger charge is -2.30. The Morgan fingerprint density at radius 2 is 2.12 bits per heavy atom. The maximum Gasteiger partial charge on any atom is 0.251 e. The summed E-state index contributed by atoms with van der Waals surface area (Å²) in [6, 6.07) is 6.55. The Kier molecular flexibility index (Phi) is 6.19. The number of aryl methyl sites for hydroxylation is 2. The van der Waals surface area contributed by atoms with Crippen molar-refractivity contribution < 1.29 is 9.18 Å². The molecule has 5 nitrogen and oxygen atoms in total. The Hall–Kier alpha value is -1.92. The van der Waals surface area contributed by atoms with Crippen molar-refractivity contribution in [3.05, 3.63) is 47.0 Å². The van der Waals surface area contributed by atoms with E-state index in [-0.39, 0.29) is 24.4 Å². The van der Waals surface area contributed by atoms with Crippen molar-refractivity contribution in [1.82, 2.24) is 20.4 Å². The molecule has 2 aromatic rings. The molecule has 0 saturated carbocycles. The van der Waals surface area contributed by atoms with Gasteiger partial charge >= 0.3 is 0 Å². The molecule has 0 bridgehead atoms. The molecule has 2 atom stereocenters. The third-order valence-corrected chi connectivity index (χ3v) is 4.55. The fourth-order valence-corrected chi connectivity index (χ4v) is 3.17. The topological polar surface area (TPSA) is 59.0 Å². The Morgan fingerprint density at radius 1 is 1.36 bits per heavy atom. The number of carbonyl (C=O) groups is 1. The molecule has 0 aliphatic carbocycles. The Morgan fingerprint density at radius 3 is 2.72 bits per heavy atom. The first kappa shape index (κ1) is 19.4. The quantitative estimate of drug-likeness (QED) is 0.878. The van der Waals surface area contributed by atoms with Crippen molar-refractivity contribution in [3.8, 4) is 5.69 Å². The molecule has 3 rings (SSSR count). The van der Waals surface area contributed by atoms with Crippen LogP contribution in [0, 0.1) is 25.6 Å². The number of rotatable bonds is 3. The number of benzene rings is 1. The van der Waals surface area contributed by atoms with E-state index < -0.39 is 5.82 Å². The van der Waals surface area contributed by atoms with Gasteiger partial charge in [-0.2, -0.15) is 5.10 Å². The molecule has 2 N–H and O–H groups in total. The Labute approximate surface area is 153 Å². The van der Waals surface area contributed by atoms with E-state index in [0.29, 0.717) is 17.2 Å². The zero-order valence-corrected chi connectivity index (χ0v) is 15.5. The third kappa shape index (κ3) is 4.19. The van der Waals surface area contributed by atoms with Gasteiger partial charge in [-0.05, 0) is 63.5 Å². The largest absolute Gasteiger partial charge is 0.349 e. The van der Waals surface area contributed by atoms with Gasteiger partial charge in [-0.1, -0.05) is 6.92 Å². The number of halogens is 2. The van der Waals surface area contributed by atoms with E-state index in [2.05, 4.69) is 22.7 Å². The van der Waals surface area contributed by atoms with Crippen molar-refractivity contribution in [1.29, 1.82) is 0 Å². The number of piperidine rings is 1. The van der Waals surface area contributed by atoms with Crippen molar-refractivity contribution in [2.24, 2.45) is 5.92 Å². The maximum absolute atomic E-state index is 14.5. The molecule has 136 valence electrons. The number of aromatic nitrogens is 2. The molecule has 1 amide bonds. The predicted molar refractivity (Wildman–Crippen MR) is 98.1 cm³/mol. The van der Waals surface area contributed by atoms with Crippen LogP contribution in [0.1, 0.15) is 35.1 Å². The molecule has 2 heterocycles. The van der Waals surface area contributed by atoms with Crippen LogP contribution in [0.2, 0.25) is 0 Å². The van der Waals surface area contributed by atoms with E-state index in [9.17, 15) is 9.18 Å². The van der Waals surface area contributed by atoms with Crippen molar-refractivity contribution in [3.63, 3.8) is 0 Å². The summed E-state index contributed by atoms with van der Waals surface area (Å²) in [5, 5.41) is 10.6. The van der Waals surface area contributed by atoms with E-state index in [1.54, 1.807) is 16.8 Å². The fraction of sp³-hybridized carbons (Fsp3) is 0.444. The summed E-state index contributed by atoms with van der Waals surface area (Å²) in [6.07, 6.45) is 0.888. The number of nitrogens with one attached hydrogen (secondary N) is 2. The average molecular weight is 367 g/mol. The molecule has 1 fully saturated rings. The van der Waals surface area contributed by atoms with Crippen LogP contribution in [0.25, 0.3) is 5.69 Å². The van der Waals surface area contributed by atoms with Crippen LogP contribution in [0.4, 0.5) is 4.39 Å². The SMILES string of the molecule is Cc1cc(C)n(-c2ccc(C(=O)NC3CCNCC3C)cc2F)n1.Cl. The minimum atomic E-state index is -0.452. The van der Waals surface area contributed by atoms with E-state index in [4.69, 9.17) is 0 Å². The van der Waals surface area contributed by atoms with E-state index >= 15 is 0 Å². The van der Waals surface area contributed by atoms with Gasteiger partial charge in [0.2, 0.25) is 0 Å². The summed E-state index contributed by atoms with van der Waals surface area (Å²) in [5.41, 5.74) is 2.37. The van der Waals surface area contributed by atoms with Gasteiger partial charge in [0.1, 0.15) is 11.5 Å². The van der Waals surface area contributed by atoms with Crippen LogP contribution in [0.5, 0.6) is 0 Å². The monoisotopic (exact) mass is 366 g/mol. The first-order chi connectivity index (χ1) is 11.5. The molecule has 0 spiro atoms. The van der Waals surface area contributed by atoms with Gasteiger partial charge in [0, 0.05) is 17.3 Å². The first-order valence-corrected chi connectivity index (χ1v) is 8.30. The van der Waals surface area contributed by atoms with Crippen molar-refractivity contribution >= 4 is 18.3 Å². The van der Waals surface area contributed by atoms with Crippen LogP contribution < -0.4 is 10.6 Å². The van der Waals surface area contributed by atoms with Crippen molar-refractivity contribution in [2.75, 3.05) is 13.1 Å². The summed E-state index contributed by atoms with van der Waals surface area (Å²) < 4.78 is 16.0. The molecular formula is C18H24ClFN4O. The van der Waals surface area contributed by atoms with Gasteiger partial charge < -0.3 is 10.6 Å². The molecule has 2 unspecified atom stereocenters. The molecule has 1 aliphatic heterocycles. The minimum absolute atomic E-state index is 0. The zero-order chi connectivity index (χ0) is 17.3. The van der Waals surface area contributed by atoms with E-state index in [1.165, 1.54) is 6.07 Å². The third-order valence-electron chi connectivity index (χ3n) is 4.55. The van der Waals surface area contributed by atoms with Crippen LogP contribution in [-0.4, -0.2) is 34.8 Å². The lowest BCUT2D eigenvalue weighted by atomic mass is 9.95. The summed E-state index contributed by atoms with van der Waals surface area (Å²) in [7, 11) is 0. The van der Waals surface area contributed by atoms with Gasteiger partial charge in [0.15, 0.2) is 0 Å². The lowest BCUT2D eigenvalue weighted by Crippen LogP contribution is -2.48. The second kappa shape index (κ2) is 7.97. The van der Waals surface area contributed by atoms with Gasteiger partial charge in [-0.3, -0.25) is 4.79 Å². The number of carbonyl (C=O) groups excluding carboxylic acids is 1. The number of amides is 1. The van der Waals surface area contributed by atoms with Gasteiger partial charge in [0.25, 0.3) is 5.91 Å². The van der Waals surface area contributed by atoms with E-state index in [0.717, 1.165) is 30.9 Å². The molecule has 1 aliphatic rings. The number of nitrogens with zero attached hydrogens (tertiary/aromatic N) is 2. The van der Waals surface area contributed by atoms with Gasteiger partial charge in [0.05, 0.1) is 5.69 Å². The highest BCUT2D eigenvalue weighted by atomic mass is 35.5. The predicted octanol–water partition coefficient (Wildman–Crippen LogP) is 2.78. The molecule has 1 aromatic heterocycles. The standard InChI is InChI=1S/C18H23FN4O.ClH/c1-11-10-20-7-6-16(11)21-18(24)14-4-5-17(15(19)9-14)23-13(3)8-12(2)22-23;/h4-5,8-9,11,16,20H,6-7,10H2,1-3H3,(H,21,24);1H. The second-order valence-electron chi connectivity index (χ2n) is 6.56. The first-order valence-electron chi connectivity index (χ1n) is 8.30. The maximum atomic E-state index is 14.5. The van der Waals surface area contributed by atoms with E-state index in [1.807, 2.05) is 19.9 Å². The summed E-state index contributed by atoms with van der Waals surface area (Å²) in [4.78, 5) is 12.4. The minimum Gasteiger partial charge on any atom is -0.349 e. The lowest BCUT2D eigenvalue weighted by molar-refractivity contribution is 0.0913. The molecular weight excluding hydrogens is 343 g/mol. The molecule has 1 aromatic carbocycles. The second-order valence-corrected chi connectivity index (χ2v) is 6.56. The van der Waals surface area contributed by atoms with Gasteiger partial charge in [-0.25, -0.2) is 9.07 Å². The Balaban J connectivity index is 0.00000225. The fourth-order valence-electron chi connectivity index (χ4n) is 3.17. The zero-order valence-electron chi connectivity index (χ0n) is 14.7.